The molecule has 1 aromatic carbocycles. The first-order chi connectivity index (χ1) is 9.56. The summed E-state index contributed by atoms with van der Waals surface area (Å²) >= 11 is 0. The maximum absolute atomic E-state index is 13.3. The Morgan fingerprint density at radius 1 is 1.30 bits per heavy atom. The molecule has 0 aliphatic rings. The van der Waals surface area contributed by atoms with Crippen LogP contribution >= 0.6 is 0 Å². The Hall–Kier alpha value is -2.16. The molecule has 0 saturated heterocycles. The maximum Gasteiger partial charge on any atom is 0.261 e. The zero-order valence-electron chi connectivity index (χ0n) is 10.3. The Balaban J connectivity index is 2.08. The van der Waals surface area contributed by atoms with Gasteiger partial charge in [-0.05, 0) is 28.6 Å². The van der Waals surface area contributed by atoms with Crippen LogP contribution in [0.3, 0.4) is 0 Å². The van der Waals surface area contributed by atoms with Gasteiger partial charge in [0.2, 0.25) is 0 Å². The number of tetrazole rings is 1. The van der Waals surface area contributed by atoms with Crippen LogP contribution in [0.5, 0.6) is 0 Å². The summed E-state index contributed by atoms with van der Waals surface area (Å²) in [7, 11) is 0. The number of nitrogens with two attached hydrogens (primary N) is 1. The van der Waals surface area contributed by atoms with Gasteiger partial charge in [0.25, 0.3) is 6.43 Å². The maximum atomic E-state index is 13.3. The lowest BCUT2D eigenvalue weighted by atomic mass is 10.2. The molecule has 0 bridgehead atoms. The number of alkyl halides is 2. The number of anilines is 1. The summed E-state index contributed by atoms with van der Waals surface area (Å²) < 4.78 is 43.2. The number of ether oxygens (including phenoxy) is 1. The number of hydrogen-bond donors (Lipinski definition) is 1. The molecule has 2 aromatic rings. The van der Waals surface area contributed by atoms with Crippen molar-refractivity contribution in [2.45, 2.75) is 13.0 Å². The fourth-order valence-electron chi connectivity index (χ4n) is 1.63. The Labute approximate surface area is 112 Å². The smallest absolute Gasteiger partial charge is 0.261 e. The van der Waals surface area contributed by atoms with Crippen LogP contribution in [0.15, 0.2) is 18.2 Å². The number of benzene rings is 1. The summed E-state index contributed by atoms with van der Waals surface area (Å²) in [6.45, 7) is -0.455. The van der Waals surface area contributed by atoms with Crippen molar-refractivity contribution in [1.29, 1.82) is 0 Å². The standard InChI is InChI=1S/C11H12F3N5O/c12-8-3-7(4-9(15)5-8)11-16-17-18-19(11)1-2-20-6-10(13)14/h3-5,10H,1-2,6,15H2. The number of nitrogen functional groups attached to an aromatic ring is 1. The van der Waals surface area contributed by atoms with E-state index in [9.17, 15) is 13.2 Å². The first-order valence-electron chi connectivity index (χ1n) is 5.75. The molecule has 0 radical (unpaired) electrons. The molecule has 108 valence electrons. The minimum Gasteiger partial charge on any atom is -0.399 e. The Bertz CT molecular complexity index is 555. The highest BCUT2D eigenvalue weighted by Gasteiger charge is 2.11. The van der Waals surface area contributed by atoms with Crippen molar-refractivity contribution in [3.63, 3.8) is 0 Å². The normalized spacial score (nSPS) is 11.2. The zero-order valence-corrected chi connectivity index (χ0v) is 10.3. The minimum absolute atomic E-state index is 0.0210. The average molecular weight is 287 g/mol. The van der Waals surface area contributed by atoms with Crippen molar-refractivity contribution in [2.24, 2.45) is 0 Å². The van der Waals surface area contributed by atoms with E-state index in [0.29, 0.717) is 5.56 Å². The molecule has 6 nitrogen and oxygen atoms in total. The summed E-state index contributed by atoms with van der Waals surface area (Å²) in [5, 5.41) is 10.9. The molecule has 0 atom stereocenters. The first kappa shape index (κ1) is 14.3. The molecule has 9 heteroatoms. The second kappa shape index (κ2) is 6.33. The van der Waals surface area contributed by atoms with Crippen molar-refractivity contribution in [3.05, 3.63) is 24.0 Å². The molecule has 1 heterocycles. The van der Waals surface area contributed by atoms with Crippen molar-refractivity contribution >= 4 is 5.69 Å². The van der Waals surface area contributed by atoms with Gasteiger partial charge in [0.05, 0.1) is 13.2 Å². The van der Waals surface area contributed by atoms with E-state index in [0.717, 1.165) is 0 Å². The van der Waals surface area contributed by atoms with E-state index >= 15 is 0 Å². The fraction of sp³-hybridized carbons (Fsp3) is 0.364. The van der Waals surface area contributed by atoms with Crippen molar-refractivity contribution < 1.29 is 17.9 Å². The van der Waals surface area contributed by atoms with Gasteiger partial charge in [-0.1, -0.05) is 0 Å². The molecular weight excluding hydrogens is 275 g/mol. The molecular formula is C11H12F3N5O. The van der Waals surface area contributed by atoms with E-state index < -0.39 is 18.8 Å². The van der Waals surface area contributed by atoms with Gasteiger partial charge in [-0.3, -0.25) is 0 Å². The Kier molecular flexibility index (Phi) is 4.51. The second-order valence-corrected chi connectivity index (χ2v) is 3.96. The van der Waals surface area contributed by atoms with E-state index in [-0.39, 0.29) is 24.7 Å². The van der Waals surface area contributed by atoms with E-state index in [1.807, 2.05) is 0 Å². The minimum atomic E-state index is -2.52. The van der Waals surface area contributed by atoms with Crippen LogP contribution in [0.1, 0.15) is 0 Å². The first-order valence-corrected chi connectivity index (χ1v) is 5.75. The quantitative estimate of drug-likeness (QED) is 0.640. The lowest BCUT2D eigenvalue weighted by molar-refractivity contribution is 0.0140. The molecule has 0 spiro atoms. The number of hydrogen-bond acceptors (Lipinski definition) is 5. The van der Waals surface area contributed by atoms with Gasteiger partial charge < -0.3 is 10.5 Å². The van der Waals surface area contributed by atoms with Gasteiger partial charge in [0, 0.05) is 11.3 Å². The topological polar surface area (TPSA) is 78.9 Å². The summed E-state index contributed by atoms with van der Waals surface area (Å²) in [6.07, 6.45) is -2.52. The molecule has 0 amide bonds. The van der Waals surface area contributed by atoms with Gasteiger partial charge in [0.1, 0.15) is 12.4 Å². The van der Waals surface area contributed by atoms with Gasteiger partial charge in [-0.15, -0.1) is 5.10 Å². The Morgan fingerprint density at radius 3 is 2.80 bits per heavy atom. The molecule has 2 rings (SSSR count). The van der Waals surface area contributed by atoms with Crippen LogP contribution in [0.2, 0.25) is 0 Å². The van der Waals surface area contributed by atoms with Crippen LogP contribution in [-0.4, -0.2) is 39.8 Å². The lowest BCUT2D eigenvalue weighted by Crippen LogP contribution is -2.12. The predicted octanol–water partition coefficient (Wildman–Crippen LogP) is 1.34. The Morgan fingerprint density at radius 2 is 2.10 bits per heavy atom. The third-order valence-corrected chi connectivity index (χ3v) is 2.40. The molecule has 0 aliphatic heterocycles. The lowest BCUT2D eigenvalue weighted by Gasteiger charge is -2.06. The number of halogens is 3. The van der Waals surface area contributed by atoms with Crippen LogP contribution < -0.4 is 5.73 Å². The largest absolute Gasteiger partial charge is 0.399 e. The molecule has 1 aromatic heterocycles. The molecule has 0 aliphatic carbocycles. The monoisotopic (exact) mass is 287 g/mol. The van der Waals surface area contributed by atoms with E-state index in [1.54, 1.807) is 0 Å². The number of rotatable bonds is 6. The average Bonchev–Trinajstić information content (AvgIpc) is 2.81. The van der Waals surface area contributed by atoms with Crippen molar-refractivity contribution in [2.75, 3.05) is 18.9 Å². The van der Waals surface area contributed by atoms with E-state index in [2.05, 4.69) is 15.5 Å². The summed E-state index contributed by atoms with van der Waals surface area (Å²) in [6, 6.07) is 3.92. The van der Waals surface area contributed by atoms with E-state index in [1.165, 1.54) is 22.9 Å². The van der Waals surface area contributed by atoms with Crippen LogP contribution in [0.25, 0.3) is 11.4 Å². The summed E-state index contributed by atoms with van der Waals surface area (Å²) in [5.41, 5.74) is 6.19. The predicted molar refractivity (Wildman–Crippen MR) is 64.4 cm³/mol. The second-order valence-electron chi connectivity index (χ2n) is 3.96. The number of nitrogens with zero attached hydrogens (tertiary/aromatic N) is 4. The third-order valence-electron chi connectivity index (χ3n) is 2.40. The van der Waals surface area contributed by atoms with Gasteiger partial charge >= 0.3 is 0 Å². The molecule has 0 saturated carbocycles. The number of aromatic nitrogens is 4. The van der Waals surface area contributed by atoms with Crippen LogP contribution in [0, 0.1) is 5.82 Å². The van der Waals surface area contributed by atoms with E-state index in [4.69, 9.17) is 10.5 Å². The third kappa shape index (κ3) is 3.67. The highest BCUT2D eigenvalue weighted by atomic mass is 19.3. The molecule has 0 fully saturated rings. The van der Waals surface area contributed by atoms with Crippen molar-refractivity contribution in [3.8, 4) is 11.4 Å². The fourth-order valence-corrected chi connectivity index (χ4v) is 1.63. The molecule has 0 unspecified atom stereocenters. The van der Waals surface area contributed by atoms with Crippen LogP contribution in [-0.2, 0) is 11.3 Å². The molecule has 2 N–H and O–H groups in total. The summed E-state index contributed by atoms with van der Waals surface area (Å²) in [5.74, 6) is -0.222. The highest BCUT2D eigenvalue weighted by molar-refractivity contribution is 5.61. The zero-order chi connectivity index (χ0) is 14.5. The van der Waals surface area contributed by atoms with Crippen molar-refractivity contribution in [1.82, 2.24) is 20.2 Å². The van der Waals surface area contributed by atoms with Gasteiger partial charge in [-0.2, -0.15) is 0 Å². The highest BCUT2D eigenvalue weighted by Crippen LogP contribution is 2.20. The molecule has 20 heavy (non-hydrogen) atoms. The van der Waals surface area contributed by atoms with Crippen LogP contribution in [0.4, 0.5) is 18.9 Å². The van der Waals surface area contributed by atoms with Gasteiger partial charge in [0.15, 0.2) is 5.82 Å². The summed E-state index contributed by atoms with van der Waals surface area (Å²) in [4.78, 5) is 0. The SMILES string of the molecule is Nc1cc(F)cc(-c2nnnn2CCOCC(F)F)c1. The van der Waals surface area contributed by atoms with Gasteiger partial charge in [-0.25, -0.2) is 17.9 Å².